The molecule has 0 aliphatic carbocycles. The summed E-state index contributed by atoms with van der Waals surface area (Å²) in [6.45, 7) is 4.54. The second kappa shape index (κ2) is 5.19. The predicted molar refractivity (Wildman–Crippen MR) is 69.5 cm³/mol. The summed E-state index contributed by atoms with van der Waals surface area (Å²) in [7, 11) is 0. The van der Waals surface area contributed by atoms with E-state index >= 15 is 0 Å². The molecule has 17 heavy (non-hydrogen) atoms. The molecule has 0 aliphatic rings. The Kier molecular flexibility index (Phi) is 3.64. The number of ether oxygens (including phenoxy) is 1. The Morgan fingerprint density at radius 1 is 1.18 bits per heavy atom. The van der Waals surface area contributed by atoms with Crippen molar-refractivity contribution in [1.82, 2.24) is 4.98 Å². The van der Waals surface area contributed by atoms with Gasteiger partial charge in [-0.05, 0) is 37.6 Å². The minimum absolute atomic E-state index is 0.435. The Bertz CT molecular complexity index is 525. The van der Waals surface area contributed by atoms with Crippen LogP contribution >= 0.6 is 11.6 Å². The monoisotopic (exact) mass is 247 g/mol. The van der Waals surface area contributed by atoms with Crippen LogP contribution in [-0.2, 0) is 6.61 Å². The largest absolute Gasteiger partial charge is 0.487 e. The fourth-order valence-electron chi connectivity index (χ4n) is 1.64. The summed E-state index contributed by atoms with van der Waals surface area (Å²) in [6, 6.07) is 9.68. The average molecular weight is 248 g/mol. The molecule has 0 saturated carbocycles. The van der Waals surface area contributed by atoms with E-state index in [4.69, 9.17) is 16.3 Å². The smallest absolute Gasteiger partial charge is 0.130 e. The molecule has 0 N–H and O–H groups in total. The highest BCUT2D eigenvalue weighted by atomic mass is 35.5. The first-order valence-electron chi connectivity index (χ1n) is 5.45. The Morgan fingerprint density at radius 3 is 2.71 bits per heavy atom. The van der Waals surface area contributed by atoms with Gasteiger partial charge in [-0.3, -0.25) is 4.98 Å². The molecule has 88 valence electrons. The first kappa shape index (κ1) is 11.9. The minimum atomic E-state index is 0.435. The number of rotatable bonds is 3. The van der Waals surface area contributed by atoms with Gasteiger partial charge in [-0.2, -0.15) is 0 Å². The highest BCUT2D eigenvalue weighted by Crippen LogP contribution is 2.20. The number of hydrogen-bond donors (Lipinski definition) is 0. The van der Waals surface area contributed by atoms with Crippen molar-refractivity contribution in [3.63, 3.8) is 0 Å². The third-order valence-electron chi connectivity index (χ3n) is 2.48. The fraction of sp³-hybridized carbons (Fsp3) is 0.214. The van der Waals surface area contributed by atoms with Gasteiger partial charge in [0.1, 0.15) is 12.4 Å². The van der Waals surface area contributed by atoms with Crippen molar-refractivity contribution < 1.29 is 4.74 Å². The topological polar surface area (TPSA) is 22.1 Å². The Hall–Kier alpha value is -1.54. The zero-order chi connectivity index (χ0) is 12.3. The molecular formula is C14H14ClNO. The summed E-state index contributed by atoms with van der Waals surface area (Å²) < 4.78 is 5.71. The molecular weight excluding hydrogens is 234 g/mol. The summed E-state index contributed by atoms with van der Waals surface area (Å²) in [5.41, 5.74) is 3.19. The number of pyridine rings is 1. The quantitative estimate of drug-likeness (QED) is 0.820. The van der Waals surface area contributed by atoms with Gasteiger partial charge >= 0.3 is 0 Å². The fourth-order valence-corrected chi connectivity index (χ4v) is 1.82. The molecule has 0 radical (unpaired) electrons. The summed E-state index contributed by atoms with van der Waals surface area (Å²) in [4.78, 5) is 4.19. The van der Waals surface area contributed by atoms with Crippen LogP contribution in [0, 0.1) is 13.8 Å². The van der Waals surface area contributed by atoms with Gasteiger partial charge in [0.2, 0.25) is 0 Å². The standard InChI is InChI=1S/C14H14ClNO/c1-10-3-4-14(11(2)7-10)17-9-13-8-12(15)5-6-16-13/h3-8H,9H2,1-2H3. The van der Waals surface area contributed by atoms with Crippen LogP contribution in [0.3, 0.4) is 0 Å². The number of nitrogens with zero attached hydrogens (tertiary/aromatic N) is 1. The van der Waals surface area contributed by atoms with Crippen molar-refractivity contribution in [2.75, 3.05) is 0 Å². The minimum Gasteiger partial charge on any atom is -0.487 e. The molecule has 1 aromatic carbocycles. The van der Waals surface area contributed by atoms with E-state index < -0.39 is 0 Å². The molecule has 0 unspecified atom stereocenters. The van der Waals surface area contributed by atoms with Crippen molar-refractivity contribution in [3.8, 4) is 5.75 Å². The van der Waals surface area contributed by atoms with Gasteiger partial charge in [0.15, 0.2) is 0 Å². The number of hydrogen-bond acceptors (Lipinski definition) is 2. The zero-order valence-electron chi connectivity index (χ0n) is 9.90. The summed E-state index contributed by atoms with van der Waals surface area (Å²) >= 11 is 5.88. The molecule has 0 fully saturated rings. The van der Waals surface area contributed by atoms with Crippen LogP contribution in [0.4, 0.5) is 0 Å². The van der Waals surface area contributed by atoms with Crippen LogP contribution < -0.4 is 4.74 Å². The van der Waals surface area contributed by atoms with Gasteiger partial charge in [0.25, 0.3) is 0 Å². The average Bonchev–Trinajstić information content (AvgIpc) is 2.28. The van der Waals surface area contributed by atoms with Crippen molar-refractivity contribution >= 4 is 11.6 Å². The second-order valence-electron chi connectivity index (χ2n) is 4.02. The Labute approximate surface area is 106 Å². The lowest BCUT2D eigenvalue weighted by atomic mass is 10.1. The maximum absolute atomic E-state index is 5.88. The zero-order valence-corrected chi connectivity index (χ0v) is 10.7. The third kappa shape index (κ3) is 3.21. The van der Waals surface area contributed by atoms with Gasteiger partial charge in [0.05, 0.1) is 5.69 Å². The van der Waals surface area contributed by atoms with Crippen molar-refractivity contribution in [3.05, 3.63) is 58.4 Å². The lowest BCUT2D eigenvalue weighted by Crippen LogP contribution is -1.99. The van der Waals surface area contributed by atoms with E-state index in [-0.39, 0.29) is 0 Å². The van der Waals surface area contributed by atoms with Crippen LogP contribution in [0.15, 0.2) is 36.5 Å². The highest BCUT2D eigenvalue weighted by Gasteiger charge is 2.01. The van der Waals surface area contributed by atoms with Gasteiger partial charge in [-0.15, -0.1) is 0 Å². The van der Waals surface area contributed by atoms with Gasteiger partial charge in [-0.25, -0.2) is 0 Å². The Balaban J connectivity index is 2.07. The first-order chi connectivity index (χ1) is 8.15. The molecule has 1 aromatic heterocycles. The normalized spacial score (nSPS) is 10.3. The van der Waals surface area contributed by atoms with E-state index in [1.165, 1.54) is 5.56 Å². The molecule has 0 atom stereocenters. The lowest BCUT2D eigenvalue weighted by molar-refractivity contribution is 0.299. The van der Waals surface area contributed by atoms with E-state index in [9.17, 15) is 0 Å². The van der Waals surface area contributed by atoms with E-state index in [0.29, 0.717) is 11.6 Å². The van der Waals surface area contributed by atoms with Crippen LogP contribution in [0.25, 0.3) is 0 Å². The SMILES string of the molecule is Cc1ccc(OCc2cc(Cl)ccn2)c(C)c1. The van der Waals surface area contributed by atoms with Crippen LogP contribution in [0.1, 0.15) is 16.8 Å². The second-order valence-corrected chi connectivity index (χ2v) is 4.46. The number of halogens is 1. The van der Waals surface area contributed by atoms with Crippen molar-refractivity contribution in [2.45, 2.75) is 20.5 Å². The summed E-state index contributed by atoms with van der Waals surface area (Å²) in [5.74, 6) is 0.886. The molecule has 3 heteroatoms. The molecule has 0 bridgehead atoms. The predicted octanol–water partition coefficient (Wildman–Crippen LogP) is 3.93. The number of benzene rings is 1. The van der Waals surface area contributed by atoms with Gasteiger partial charge < -0.3 is 4.74 Å². The van der Waals surface area contributed by atoms with Crippen LogP contribution in [0.5, 0.6) is 5.75 Å². The van der Waals surface area contributed by atoms with Crippen LogP contribution in [-0.4, -0.2) is 4.98 Å². The molecule has 0 aliphatic heterocycles. The number of aryl methyl sites for hydroxylation is 2. The van der Waals surface area contributed by atoms with Gasteiger partial charge in [-0.1, -0.05) is 29.3 Å². The first-order valence-corrected chi connectivity index (χ1v) is 5.83. The molecule has 1 heterocycles. The molecule has 0 saturated heterocycles. The molecule has 2 aromatic rings. The van der Waals surface area contributed by atoms with Crippen molar-refractivity contribution in [2.24, 2.45) is 0 Å². The molecule has 0 spiro atoms. The van der Waals surface area contributed by atoms with E-state index in [1.54, 1.807) is 12.3 Å². The number of aromatic nitrogens is 1. The van der Waals surface area contributed by atoms with E-state index in [2.05, 4.69) is 18.0 Å². The molecule has 0 amide bonds. The van der Waals surface area contributed by atoms with E-state index in [1.807, 2.05) is 25.1 Å². The Morgan fingerprint density at radius 2 is 2.00 bits per heavy atom. The maximum Gasteiger partial charge on any atom is 0.130 e. The molecule has 2 rings (SSSR count). The lowest BCUT2D eigenvalue weighted by Gasteiger charge is -2.09. The van der Waals surface area contributed by atoms with Crippen LogP contribution in [0.2, 0.25) is 5.02 Å². The third-order valence-corrected chi connectivity index (χ3v) is 2.72. The summed E-state index contributed by atoms with van der Waals surface area (Å²) in [6.07, 6.45) is 1.68. The highest BCUT2D eigenvalue weighted by molar-refractivity contribution is 6.30. The van der Waals surface area contributed by atoms with Crippen molar-refractivity contribution in [1.29, 1.82) is 0 Å². The van der Waals surface area contributed by atoms with Gasteiger partial charge in [0, 0.05) is 11.2 Å². The molecule has 2 nitrogen and oxygen atoms in total. The summed E-state index contributed by atoms with van der Waals surface area (Å²) in [5, 5.41) is 0.680. The van der Waals surface area contributed by atoms with E-state index in [0.717, 1.165) is 17.0 Å². The maximum atomic E-state index is 5.88.